The molecule has 0 saturated heterocycles. The first-order valence-electron chi connectivity index (χ1n) is 6.03. The second kappa shape index (κ2) is 6.37. The third-order valence-corrected chi connectivity index (χ3v) is 4.74. The molecule has 0 bridgehead atoms. The summed E-state index contributed by atoms with van der Waals surface area (Å²) in [7, 11) is -2.50. The van der Waals surface area contributed by atoms with Gasteiger partial charge in [0.2, 0.25) is 0 Å². The van der Waals surface area contributed by atoms with Gasteiger partial charge in [0.15, 0.2) is 0 Å². The highest BCUT2D eigenvalue weighted by molar-refractivity contribution is 9.10. The summed E-state index contributed by atoms with van der Waals surface area (Å²) in [6.45, 7) is 0. The number of nitrogens with one attached hydrogen (secondary N) is 1. The predicted octanol–water partition coefficient (Wildman–Crippen LogP) is 2.96. The number of hydrogen-bond donors (Lipinski definition) is 2. The van der Waals surface area contributed by atoms with E-state index in [1.165, 1.54) is 37.4 Å². The van der Waals surface area contributed by atoms with Gasteiger partial charge in [0.05, 0.1) is 23.3 Å². The van der Waals surface area contributed by atoms with Crippen molar-refractivity contribution in [1.82, 2.24) is 0 Å². The van der Waals surface area contributed by atoms with Crippen molar-refractivity contribution in [2.75, 3.05) is 11.8 Å². The van der Waals surface area contributed by atoms with Crippen molar-refractivity contribution in [3.63, 3.8) is 0 Å². The van der Waals surface area contributed by atoms with Crippen molar-refractivity contribution in [3.05, 3.63) is 52.5 Å². The number of benzene rings is 2. The van der Waals surface area contributed by atoms with Gasteiger partial charge in [-0.3, -0.25) is 4.72 Å². The van der Waals surface area contributed by atoms with Crippen LogP contribution in [0.15, 0.2) is 51.8 Å². The monoisotopic (exact) mass is 385 g/mol. The predicted molar refractivity (Wildman–Crippen MR) is 84.9 cm³/mol. The highest BCUT2D eigenvalue weighted by Crippen LogP contribution is 2.25. The van der Waals surface area contributed by atoms with Crippen molar-refractivity contribution in [2.24, 2.45) is 0 Å². The van der Waals surface area contributed by atoms with Crippen LogP contribution in [0.4, 0.5) is 5.69 Å². The molecule has 0 radical (unpaired) electrons. The maximum atomic E-state index is 12.3. The van der Waals surface area contributed by atoms with E-state index in [-0.39, 0.29) is 16.1 Å². The molecule has 0 fully saturated rings. The Morgan fingerprint density at radius 2 is 1.82 bits per heavy atom. The third-order valence-electron chi connectivity index (χ3n) is 2.83. The Kier molecular flexibility index (Phi) is 4.72. The molecule has 2 aromatic rings. The highest BCUT2D eigenvalue weighted by Gasteiger charge is 2.19. The minimum atomic E-state index is -3.90. The second-order valence-corrected chi connectivity index (χ2v) is 6.87. The zero-order valence-electron chi connectivity index (χ0n) is 11.4. The first kappa shape index (κ1) is 16.3. The lowest BCUT2D eigenvalue weighted by Gasteiger charge is -2.12. The first-order valence-corrected chi connectivity index (χ1v) is 8.31. The lowest BCUT2D eigenvalue weighted by atomic mass is 10.2. The maximum absolute atomic E-state index is 12.3. The van der Waals surface area contributed by atoms with Gasteiger partial charge in [-0.2, -0.15) is 0 Å². The number of ether oxygens (including phenoxy) is 1. The standard InChI is InChI=1S/C14H12BrNO5S/c1-21-10-4-7-12(14(17)18)13(8-10)16-22(19,20)11-5-2-9(15)3-6-11/h2-8,16H,1H3,(H,17,18). The second-order valence-electron chi connectivity index (χ2n) is 4.28. The zero-order valence-corrected chi connectivity index (χ0v) is 13.8. The van der Waals surface area contributed by atoms with E-state index in [9.17, 15) is 13.2 Å². The van der Waals surface area contributed by atoms with Crippen molar-refractivity contribution in [3.8, 4) is 5.75 Å². The number of carboxylic acid groups (broad SMARTS) is 1. The summed E-state index contributed by atoms with van der Waals surface area (Å²) in [6.07, 6.45) is 0. The molecule has 0 amide bonds. The van der Waals surface area contributed by atoms with Gasteiger partial charge in [0, 0.05) is 10.5 Å². The number of aromatic carboxylic acids is 1. The molecule has 22 heavy (non-hydrogen) atoms. The van der Waals surface area contributed by atoms with Gasteiger partial charge in [0.25, 0.3) is 10.0 Å². The van der Waals surface area contributed by atoms with Gasteiger partial charge in [-0.25, -0.2) is 13.2 Å². The maximum Gasteiger partial charge on any atom is 0.337 e. The van der Waals surface area contributed by atoms with E-state index in [0.717, 1.165) is 4.47 Å². The van der Waals surface area contributed by atoms with E-state index in [2.05, 4.69) is 20.7 Å². The lowest BCUT2D eigenvalue weighted by Crippen LogP contribution is -2.15. The molecular weight excluding hydrogens is 374 g/mol. The van der Waals surface area contributed by atoms with Crippen LogP contribution in [0.25, 0.3) is 0 Å². The summed E-state index contributed by atoms with van der Waals surface area (Å²) in [6, 6.07) is 10.0. The van der Waals surface area contributed by atoms with Gasteiger partial charge in [-0.05, 0) is 36.4 Å². The number of rotatable bonds is 5. The molecule has 0 saturated carbocycles. The quantitative estimate of drug-likeness (QED) is 0.824. The number of hydrogen-bond acceptors (Lipinski definition) is 4. The number of sulfonamides is 1. The summed E-state index contributed by atoms with van der Waals surface area (Å²) in [4.78, 5) is 11.2. The van der Waals surface area contributed by atoms with Gasteiger partial charge >= 0.3 is 5.97 Å². The van der Waals surface area contributed by atoms with Crippen LogP contribution < -0.4 is 9.46 Å². The molecule has 0 spiro atoms. The van der Waals surface area contributed by atoms with Crippen LogP contribution in [0.3, 0.4) is 0 Å². The fourth-order valence-electron chi connectivity index (χ4n) is 1.74. The number of carbonyl (C=O) groups is 1. The molecular formula is C14H12BrNO5S. The normalized spacial score (nSPS) is 11.0. The van der Waals surface area contributed by atoms with Gasteiger partial charge < -0.3 is 9.84 Å². The van der Waals surface area contributed by atoms with E-state index >= 15 is 0 Å². The third kappa shape index (κ3) is 3.58. The Labute approximate surface area is 135 Å². The fraction of sp³-hybridized carbons (Fsp3) is 0.0714. The minimum absolute atomic E-state index is 0.0230. The van der Waals surface area contributed by atoms with Crippen LogP contribution in [0.5, 0.6) is 5.75 Å². The number of anilines is 1. The highest BCUT2D eigenvalue weighted by atomic mass is 79.9. The van der Waals surface area contributed by atoms with Gasteiger partial charge in [-0.1, -0.05) is 15.9 Å². The fourth-order valence-corrected chi connectivity index (χ4v) is 3.07. The zero-order chi connectivity index (χ0) is 16.3. The number of halogens is 1. The summed E-state index contributed by atoms with van der Waals surface area (Å²) in [5, 5.41) is 9.15. The van der Waals surface area contributed by atoms with Gasteiger partial charge in [-0.15, -0.1) is 0 Å². The van der Waals surface area contributed by atoms with Crippen LogP contribution in [-0.2, 0) is 10.0 Å². The topological polar surface area (TPSA) is 92.7 Å². The summed E-state index contributed by atoms with van der Waals surface area (Å²) in [5.74, 6) is -0.894. The Bertz CT molecular complexity index is 802. The molecule has 116 valence electrons. The molecule has 2 N–H and O–H groups in total. The number of methoxy groups -OCH3 is 1. The minimum Gasteiger partial charge on any atom is -0.497 e. The van der Waals surface area contributed by atoms with E-state index in [4.69, 9.17) is 9.84 Å². The molecule has 8 heteroatoms. The first-order chi connectivity index (χ1) is 10.3. The van der Waals surface area contributed by atoms with E-state index in [1.807, 2.05) is 0 Å². The van der Waals surface area contributed by atoms with Crippen LogP contribution >= 0.6 is 15.9 Å². The molecule has 0 aliphatic heterocycles. The largest absolute Gasteiger partial charge is 0.497 e. The molecule has 6 nitrogen and oxygen atoms in total. The Morgan fingerprint density at radius 3 is 2.36 bits per heavy atom. The van der Waals surface area contributed by atoms with Crippen molar-refractivity contribution in [2.45, 2.75) is 4.90 Å². The van der Waals surface area contributed by atoms with Gasteiger partial charge in [0.1, 0.15) is 5.75 Å². The molecule has 0 unspecified atom stereocenters. The van der Waals surface area contributed by atoms with Crippen LogP contribution in [0.1, 0.15) is 10.4 Å². The average Bonchev–Trinajstić information content (AvgIpc) is 2.46. The van der Waals surface area contributed by atoms with Crippen LogP contribution in [0.2, 0.25) is 0 Å². The molecule has 0 atom stereocenters. The van der Waals surface area contributed by atoms with Crippen LogP contribution in [-0.4, -0.2) is 26.6 Å². The summed E-state index contributed by atoms with van der Waals surface area (Å²) >= 11 is 3.22. The molecule has 2 rings (SSSR count). The SMILES string of the molecule is COc1ccc(C(=O)O)c(NS(=O)(=O)c2ccc(Br)cc2)c1. The molecule has 0 heterocycles. The summed E-state index contributed by atoms with van der Waals surface area (Å²) in [5.41, 5.74) is -0.226. The summed E-state index contributed by atoms with van der Waals surface area (Å²) < 4.78 is 32.7. The van der Waals surface area contributed by atoms with Crippen LogP contribution in [0, 0.1) is 0 Å². The van der Waals surface area contributed by atoms with E-state index < -0.39 is 16.0 Å². The average molecular weight is 386 g/mol. The Balaban J connectivity index is 2.44. The van der Waals surface area contributed by atoms with E-state index in [1.54, 1.807) is 12.1 Å². The molecule has 0 aromatic heterocycles. The lowest BCUT2D eigenvalue weighted by molar-refractivity contribution is 0.0698. The van der Waals surface area contributed by atoms with Crippen molar-refractivity contribution >= 4 is 37.6 Å². The molecule has 0 aliphatic carbocycles. The van der Waals surface area contributed by atoms with Crippen molar-refractivity contribution in [1.29, 1.82) is 0 Å². The van der Waals surface area contributed by atoms with Crippen molar-refractivity contribution < 1.29 is 23.1 Å². The Hall–Kier alpha value is -2.06. The Morgan fingerprint density at radius 1 is 1.18 bits per heavy atom. The number of carboxylic acids is 1. The molecule has 0 aliphatic rings. The molecule has 2 aromatic carbocycles. The smallest absolute Gasteiger partial charge is 0.337 e. The van der Waals surface area contributed by atoms with E-state index in [0.29, 0.717) is 5.75 Å².